The molecule has 0 amide bonds. The minimum absolute atomic E-state index is 0.750. The summed E-state index contributed by atoms with van der Waals surface area (Å²) in [5.41, 5.74) is 3.63. The van der Waals surface area contributed by atoms with Gasteiger partial charge in [0.1, 0.15) is 0 Å². The van der Waals surface area contributed by atoms with Crippen LogP contribution in [-0.2, 0) is 13.1 Å². The van der Waals surface area contributed by atoms with Crippen LogP contribution in [0.15, 0.2) is 36.7 Å². The Kier molecular flexibility index (Phi) is 4.47. The first-order valence-electron chi connectivity index (χ1n) is 6.41. The van der Waals surface area contributed by atoms with Gasteiger partial charge in [0.05, 0.1) is 0 Å². The molecule has 0 saturated heterocycles. The van der Waals surface area contributed by atoms with Crippen molar-refractivity contribution in [2.75, 3.05) is 19.0 Å². The summed E-state index contributed by atoms with van der Waals surface area (Å²) in [7, 11) is 3.92. The highest BCUT2D eigenvalue weighted by atomic mass is 15.2. The van der Waals surface area contributed by atoms with Crippen LogP contribution >= 0.6 is 0 Å². The van der Waals surface area contributed by atoms with Crippen molar-refractivity contribution in [1.29, 1.82) is 0 Å². The third kappa shape index (κ3) is 3.76. The molecule has 1 heterocycles. The second-order valence-electron chi connectivity index (χ2n) is 4.76. The molecule has 0 aliphatic rings. The van der Waals surface area contributed by atoms with Crippen LogP contribution in [0.1, 0.15) is 16.7 Å². The fourth-order valence-electron chi connectivity index (χ4n) is 1.88. The van der Waals surface area contributed by atoms with Gasteiger partial charge in [-0.15, -0.1) is 0 Å². The summed E-state index contributed by atoms with van der Waals surface area (Å²) >= 11 is 0. The molecule has 0 saturated carbocycles. The lowest BCUT2D eigenvalue weighted by atomic mass is 10.1. The smallest absolute Gasteiger partial charge is 0.225 e. The van der Waals surface area contributed by atoms with Gasteiger partial charge in [-0.2, -0.15) is 0 Å². The molecule has 0 spiro atoms. The first-order valence-corrected chi connectivity index (χ1v) is 6.41. The van der Waals surface area contributed by atoms with Crippen LogP contribution in [0.25, 0.3) is 0 Å². The third-order valence-corrected chi connectivity index (χ3v) is 2.95. The minimum Gasteiger partial charge on any atom is -0.340 e. The largest absolute Gasteiger partial charge is 0.340 e. The Morgan fingerprint density at radius 2 is 1.68 bits per heavy atom. The van der Waals surface area contributed by atoms with Crippen molar-refractivity contribution >= 4 is 5.95 Å². The van der Waals surface area contributed by atoms with Crippen molar-refractivity contribution in [2.24, 2.45) is 0 Å². The first kappa shape index (κ1) is 13.5. The maximum atomic E-state index is 4.39. The molecule has 0 fully saturated rings. The number of aromatic nitrogens is 2. The van der Waals surface area contributed by atoms with Crippen LogP contribution < -0.4 is 10.2 Å². The van der Waals surface area contributed by atoms with E-state index in [9.17, 15) is 0 Å². The molecular formula is C15H20N4. The second kappa shape index (κ2) is 6.29. The van der Waals surface area contributed by atoms with E-state index in [2.05, 4.69) is 46.5 Å². The Morgan fingerprint density at radius 3 is 2.26 bits per heavy atom. The summed E-state index contributed by atoms with van der Waals surface area (Å²) in [6.07, 6.45) is 3.73. The first-order chi connectivity index (χ1) is 9.19. The summed E-state index contributed by atoms with van der Waals surface area (Å²) in [6, 6.07) is 8.53. The van der Waals surface area contributed by atoms with Gasteiger partial charge in [-0.05, 0) is 19.5 Å². The lowest BCUT2D eigenvalue weighted by Gasteiger charge is -2.17. The summed E-state index contributed by atoms with van der Waals surface area (Å²) in [5.74, 6) is 0.750. The number of rotatable bonds is 5. The van der Waals surface area contributed by atoms with Gasteiger partial charge in [-0.1, -0.05) is 29.8 Å². The molecule has 4 nitrogen and oxygen atoms in total. The molecule has 0 unspecified atom stereocenters. The molecule has 2 rings (SSSR count). The van der Waals surface area contributed by atoms with Crippen molar-refractivity contribution in [3.05, 3.63) is 53.3 Å². The average molecular weight is 256 g/mol. The third-order valence-electron chi connectivity index (χ3n) is 2.95. The van der Waals surface area contributed by atoms with E-state index in [-0.39, 0.29) is 0 Å². The van der Waals surface area contributed by atoms with Gasteiger partial charge < -0.3 is 10.2 Å². The Bertz CT molecular complexity index is 505. The Balaban J connectivity index is 2.02. The molecule has 0 aliphatic carbocycles. The number of anilines is 1. The zero-order valence-electron chi connectivity index (χ0n) is 11.7. The molecule has 100 valence electrons. The van der Waals surface area contributed by atoms with Gasteiger partial charge >= 0.3 is 0 Å². The maximum absolute atomic E-state index is 4.39. The molecule has 1 aromatic carbocycles. The Morgan fingerprint density at radius 1 is 1.05 bits per heavy atom. The standard InChI is InChI=1S/C15H20N4/c1-12-4-6-13(7-5-12)11-19(3)15-17-9-14(8-16-2)10-18-15/h4-7,9-10,16H,8,11H2,1-3H3. The topological polar surface area (TPSA) is 41.1 Å². The Labute approximate surface area is 114 Å². The molecule has 19 heavy (non-hydrogen) atoms. The lowest BCUT2D eigenvalue weighted by molar-refractivity contribution is 0.797. The van der Waals surface area contributed by atoms with E-state index in [0.29, 0.717) is 0 Å². The lowest BCUT2D eigenvalue weighted by Crippen LogP contribution is -2.19. The number of nitrogens with one attached hydrogen (secondary N) is 1. The molecule has 0 radical (unpaired) electrons. The molecule has 4 heteroatoms. The minimum atomic E-state index is 0.750. The number of hydrogen-bond acceptors (Lipinski definition) is 4. The predicted molar refractivity (Wildman–Crippen MR) is 78.1 cm³/mol. The van der Waals surface area contributed by atoms with Gasteiger partial charge in [-0.25, -0.2) is 9.97 Å². The summed E-state index contributed by atoms with van der Waals surface area (Å²) < 4.78 is 0. The second-order valence-corrected chi connectivity index (χ2v) is 4.76. The highest BCUT2D eigenvalue weighted by Gasteiger charge is 2.05. The summed E-state index contributed by atoms with van der Waals surface area (Å²) in [5, 5.41) is 3.08. The van der Waals surface area contributed by atoms with Crippen LogP contribution in [0.5, 0.6) is 0 Å². The fraction of sp³-hybridized carbons (Fsp3) is 0.333. The number of hydrogen-bond donors (Lipinski definition) is 1. The highest BCUT2D eigenvalue weighted by molar-refractivity contribution is 5.32. The molecule has 1 aromatic heterocycles. The van der Waals surface area contributed by atoms with E-state index in [1.807, 2.05) is 31.4 Å². The van der Waals surface area contributed by atoms with Crippen LogP contribution in [0.4, 0.5) is 5.95 Å². The SMILES string of the molecule is CNCc1cnc(N(C)Cc2ccc(C)cc2)nc1. The Hall–Kier alpha value is -1.94. The molecule has 0 bridgehead atoms. The van der Waals surface area contributed by atoms with Gasteiger partial charge in [-0.3, -0.25) is 0 Å². The van der Waals surface area contributed by atoms with Gasteiger partial charge in [0.25, 0.3) is 0 Å². The number of nitrogens with zero attached hydrogens (tertiary/aromatic N) is 3. The van der Waals surface area contributed by atoms with E-state index < -0.39 is 0 Å². The van der Waals surface area contributed by atoms with Gasteiger partial charge in [0.15, 0.2) is 0 Å². The van der Waals surface area contributed by atoms with Crippen molar-refractivity contribution in [2.45, 2.75) is 20.0 Å². The van der Waals surface area contributed by atoms with E-state index in [4.69, 9.17) is 0 Å². The number of benzene rings is 1. The maximum Gasteiger partial charge on any atom is 0.225 e. The van der Waals surface area contributed by atoms with Gasteiger partial charge in [0, 0.05) is 38.1 Å². The highest BCUT2D eigenvalue weighted by Crippen LogP contribution is 2.11. The van der Waals surface area contributed by atoms with E-state index in [1.54, 1.807) is 0 Å². The predicted octanol–water partition coefficient (Wildman–Crippen LogP) is 2.14. The molecule has 0 atom stereocenters. The molecule has 1 N–H and O–H groups in total. The van der Waals surface area contributed by atoms with Crippen molar-refractivity contribution < 1.29 is 0 Å². The number of aryl methyl sites for hydroxylation is 1. The molecule has 0 aliphatic heterocycles. The zero-order valence-corrected chi connectivity index (χ0v) is 11.7. The molecular weight excluding hydrogens is 236 g/mol. The van der Waals surface area contributed by atoms with E-state index in [0.717, 1.165) is 24.6 Å². The fourth-order valence-corrected chi connectivity index (χ4v) is 1.88. The van der Waals surface area contributed by atoms with Crippen molar-refractivity contribution in [3.63, 3.8) is 0 Å². The van der Waals surface area contributed by atoms with Crippen LogP contribution in [-0.4, -0.2) is 24.1 Å². The summed E-state index contributed by atoms with van der Waals surface area (Å²) in [6.45, 7) is 3.70. The van der Waals surface area contributed by atoms with Crippen LogP contribution in [0.2, 0.25) is 0 Å². The summed E-state index contributed by atoms with van der Waals surface area (Å²) in [4.78, 5) is 10.8. The molecule has 2 aromatic rings. The quantitative estimate of drug-likeness (QED) is 0.890. The van der Waals surface area contributed by atoms with Gasteiger partial charge in [0.2, 0.25) is 5.95 Å². The van der Waals surface area contributed by atoms with Crippen molar-refractivity contribution in [3.8, 4) is 0 Å². The van der Waals surface area contributed by atoms with Crippen LogP contribution in [0.3, 0.4) is 0 Å². The van der Waals surface area contributed by atoms with E-state index in [1.165, 1.54) is 11.1 Å². The van der Waals surface area contributed by atoms with Crippen LogP contribution in [0, 0.1) is 6.92 Å². The monoisotopic (exact) mass is 256 g/mol. The van der Waals surface area contributed by atoms with E-state index >= 15 is 0 Å². The normalized spacial score (nSPS) is 10.5. The zero-order chi connectivity index (χ0) is 13.7. The van der Waals surface area contributed by atoms with Crippen molar-refractivity contribution in [1.82, 2.24) is 15.3 Å². The average Bonchev–Trinajstić information content (AvgIpc) is 2.42.